The average molecular weight is 220 g/mol. The van der Waals surface area contributed by atoms with Crippen molar-refractivity contribution in [1.82, 2.24) is 14.9 Å². The van der Waals surface area contributed by atoms with Crippen molar-refractivity contribution in [3.63, 3.8) is 0 Å². The summed E-state index contributed by atoms with van der Waals surface area (Å²) in [6.45, 7) is 5.04. The molecule has 1 amide bonds. The third-order valence-electron chi connectivity index (χ3n) is 2.17. The number of aromatic nitrogens is 2. The van der Waals surface area contributed by atoms with Gasteiger partial charge < -0.3 is 9.88 Å². The van der Waals surface area contributed by atoms with Gasteiger partial charge in [-0.3, -0.25) is 4.79 Å². The molecule has 5 nitrogen and oxygen atoms in total. The summed E-state index contributed by atoms with van der Waals surface area (Å²) in [5.41, 5.74) is 0. The van der Waals surface area contributed by atoms with Crippen LogP contribution in [0.4, 0.5) is 0 Å². The number of rotatable bonds is 5. The number of amides is 1. The van der Waals surface area contributed by atoms with Gasteiger partial charge in [0.15, 0.2) is 0 Å². The Labute approximate surface area is 95.1 Å². The van der Waals surface area contributed by atoms with E-state index in [0.717, 1.165) is 6.42 Å². The summed E-state index contributed by atoms with van der Waals surface area (Å²) in [7, 11) is 0. The van der Waals surface area contributed by atoms with Crippen LogP contribution in [-0.2, 0) is 11.3 Å². The van der Waals surface area contributed by atoms with Crippen molar-refractivity contribution in [3.8, 4) is 6.07 Å². The highest BCUT2D eigenvalue weighted by atomic mass is 16.1. The van der Waals surface area contributed by atoms with Gasteiger partial charge in [0, 0.05) is 18.9 Å². The average Bonchev–Trinajstić information content (AvgIpc) is 2.64. The Kier molecular flexibility index (Phi) is 4.52. The Morgan fingerprint density at radius 1 is 1.69 bits per heavy atom. The normalized spacial score (nSPS) is 10.1. The lowest BCUT2D eigenvalue weighted by atomic mass is 10.1. The molecule has 0 radical (unpaired) electrons. The smallest absolute Gasteiger partial charge is 0.240 e. The van der Waals surface area contributed by atoms with Gasteiger partial charge in [0.1, 0.15) is 12.6 Å². The van der Waals surface area contributed by atoms with E-state index in [2.05, 4.69) is 24.1 Å². The molecule has 0 aliphatic carbocycles. The number of carbonyl (C=O) groups excluding carboxylic acids is 1. The van der Waals surface area contributed by atoms with Crippen LogP contribution in [0.3, 0.4) is 0 Å². The summed E-state index contributed by atoms with van der Waals surface area (Å²) < 4.78 is 1.53. The van der Waals surface area contributed by atoms with E-state index < -0.39 is 0 Å². The molecule has 0 unspecified atom stereocenters. The SMILES string of the molecule is CC(C)CCNC(=O)Cn1ccnc1C#N. The summed E-state index contributed by atoms with van der Waals surface area (Å²) in [5, 5.41) is 11.5. The summed E-state index contributed by atoms with van der Waals surface area (Å²) in [6, 6.07) is 1.93. The third-order valence-corrected chi connectivity index (χ3v) is 2.17. The number of hydrogen-bond donors (Lipinski definition) is 1. The first-order chi connectivity index (χ1) is 7.63. The first kappa shape index (κ1) is 12.2. The van der Waals surface area contributed by atoms with E-state index in [1.807, 2.05) is 6.07 Å². The largest absolute Gasteiger partial charge is 0.355 e. The van der Waals surface area contributed by atoms with Gasteiger partial charge >= 0.3 is 0 Å². The zero-order valence-corrected chi connectivity index (χ0v) is 9.60. The lowest BCUT2D eigenvalue weighted by Gasteiger charge is -2.07. The number of carbonyl (C=O) groups is 1. The van der Waals surface area contributed by atoms with Gasteiger partial charge in [-0.2, -0.15) is 5.26 Å². The van der Waals surface area contributed by atoms with Gasteiger partial charge in [0.2, 0.25) is 11.7 Å². The first-order valence-electron chi connectivity index (χ1n) is 5.31. The number of hydrogen-bond acceptors (Lipinski definition) is 3. The van der Waals surface area contributed by atoms with Crippen LogP contribution in [-0.4, -0.2) is 22.0 Å². The van der Waals surface area contributed by atoms with Crippen LogP contribution < -0.4 is 5.32 Å². The molecule has 16 heavy (non-hydrogen) atoms. The predicted molar refractivity (Wildman–Crippen MR) is 59.4 cm³/mol. The fraction of sp³-hybridized carbons (Fsp3) is 0.545. The van der Waals surface area contributed by atoms with E-state index in [4.69, 9.17) is 5.26 Å². The molecule has 1 aromatic heterocycles. The molecule has 0 atom stereocenters. The van der Waals surface area contributed by atoms with Crippen molar-refractivity contribution >= 4 is 5.91 Å². The van der Waals surface area contributed by atoms with Crippen molar-refractivity contribution in [2.45, 2.75) is 26.8 Å². The van der Waals surface area contributed by atoms with Crippen molar-refractivity contribution in [2.75, 3.05) is 6.54 Å². The number of nitrogens with one attached hydrogen (secondary N) is 1. The van der Waals surface area contributed by atoms with E-state index in [-0.39, 0.29) is 18.3 Å². The standard InChI is InChI=1S/C11H16N4O/c1-9(2)3-4-14-11(16)8-15-6-5-13-10(15)7-12/h5-6,9H,3-4,8H2,1-2H3,(H,14,16). The Bertz CT molecular complexity index is 389. The van der Waals surface area contributed by atoms with E-state index in [1.54, 1.807) is 6.20 Å². The highest BCUT2D eigenvalue weighted by Gasteiger charge is 2.06. The Hall–Kier alpha value is -1.83. The van der Waals surface area contributed by atoms with Crippen molar-refractivity contribution < 1.29 is 4.79 Å². The zero-order chi connectivity index (χ0) is 12.0. The van der Waals surface area contributed by atoms with Gasteiger partial charge in [-0.25, -0.2) is 4.98 Å². The molecule has 1 aromatic rings. The lowest BCUT2D eigenvalue weighted by Crippen LogP contribution is -2.29. The van der Waals surface area contributed by atoms with Gasteiger partial charge in [-0.05, 0) is 12.3 Å². The van der Waals surface area contributed by atoms with E-state index in [9.17, 15) is 4.79 Å². The molecule has 0 saturated carbocycles. The molecular formula is C11H16N4O. The quantitative estimate of drug-likeness (QED) is 0.802. The zero-order valence-electron chi connectivity index (χ0n) is 9.60. The molecule has 1 heterocycles. The highest BCUT2D eigenvalue weighted by molar-refractivity contribution is 5.75. The third kappa shape index (κ3) is 3.73. The maximum atomic E-state index is 11.5. The van der Waals surface area contributed by atoms with Crippen LogP contribution in [0, 0.1) is 17.2 Å². The Morgan fingerprint density at radius 2 is 2.44 bits per heavy atom. The summed E-state index contributed by atoms with van der Waals surface area (Å²) in [6.07, 6.45) is 4.10. The molecule has 0 bridgehead atoms. The van der Waals surface area contributed by atoms with Gasteiger partial charge in [-0.1, -0.05) is 13.8 Å². The van der Waals surface area contributed by atoms with Gasteiger partial charge in [0.05, 0.1) is 0 Å². The molecule has 0 aromatic carbocycles. The fourth-order valence-corrected chi connectivity index (χ4v) is 1.26. The number of nitrogens with zero attached hydrogens (tertiary/aromatic N) is 3. The van der Waals surface area contributed by atoms with Gasteiger partial charge in [0.25, 0.3) is 0 Å². The lowest BCUT2D eigenvalue weighted by molar-refractivity contribution is -0.121. The van der Waals surface area contributed by atoms with Crippen molar-refractivity contribution in [2.24, 2.45) is 5.92 Å². The maximum Gasteiger partial charge on any atom is 0.240 e. The Balaban J connectivity index is 2.38. The predicted octanol–water partition coefficient (Wildman–Crippen LogP) is 0.917. The number of imidazole rings is 1. The fourth-order valence-electron chi connectivity index (χ4n) is 1.26. The first-order valence-corrected chi connectivity index (χ1v) is 5.31. The second kappa shape index (κ2) is 5.91. The van der Waals surface area contributed by atoms with Crippen LogP contribution in [0.5, 0.6) is 0 Å². The van der Waals surface area contributed by atoms with E-state index in [0.29, 0.717) is 12.5 Å². The minimum absolute atomic E-state index is 0.0878. The van der Waals surface area contributed by atoms with E-state index >= 15 is 0 Å². The molecule has 0 fully saturated rings. The molecular weight excluding hydrogens is 204 g/mol. The summed E-state index contributed by atoms with van der Waals surface area (Å²) in [4.78, 5) is 15.3. The minimum atomic E-state index is -0.0878. The topological polar surface area (TPSA) is 70.7 Å². The molecule has 1 rings (SSSR count). The highest BCUT2D eigenvalue weighted by Crippen LogP contribution is 1.97. The van der Waals surface area contributed by atoms with Gasteiger partial charge in [-0.15, -0.1) is 0 Å². The monoisotopic (exact) mass is 220 g/mol. The second-order valence-corrected chi connectivity index (χ2v) is 4.02. The second-order valence-electron chi connectivity index (χ2n) is 4.02. The Morgan fingerprint density at radius 3 is 3.06 bits per heavy atom. The van der Waals surface area contributed by atoms with Crippen LogP contribution in [0.2, 0.25) is 0 Å². The molecule has 0 saturated heterocycles. The van der Waals surface area contributed by atoms with Crippen LogP contribution >= 0.6 is 0 Å². The molecule has 1 N–H and O–H groups in total. The van der Waals surface area contributed by atoms with Crippen LogP contribution in [0.25, 0.3) is 0 Å². The molecule has 0 aliphatic heterocycles. The van der Waals surface area contributed by atoms with Crippen molar-refractivity contribution in [3.05, 3.63) is 18.2 Å². The van der Waals surface area contributed by atoms with Crippen LogP contribution in [0.1, 0.15) is 26.1 Å². The van der Waals surface area contributed by atoms with E-state index in [1.165, 1.54) is 10.8 Å². The molecule has 86 valence electrons. The minimum Gasteiger partial charge on any atom is -0.355 e. The molecule has 0 spiro atoms. The number of nitriles is 1. The molecule has 0 aliphatic rings. The summed E-state index contributed by atoms with van der Waals surface area (Å²) in [5.74, 6) is 0.748. The summed E-state index contributed by atoms with van der Waals surface area (Å²) >= 11 is 0. The molecule has 5 heteroatoms. The maximum absolute atomic E-state index is 11.5. The van der Waals surface area contributed by atoms with Crippen molar-refractivity contribution in [1.29, 1.82) is 5.26 Å². The van der Waals surface area contributed by atoms with Crippen LogP contribution in [0.15, 0.2) is 12.4 Å².